The van der Waals surface area contributed by atoms with E-state index in [0.29, 0.717) is 11.6 Å². The van der Waals surface area contributed by atoms with Gasteiger partial charge in [0, 0.05) is 17.9 Å². The Balaban J connectivity index is 1.83. The van der Waals surface area contributed by atoms with Crippen molar-refractivity contribution in [2.24, 2.45) is 0 Å². The fourth-order valence-corrected chi connectivity index (χ4v) is 2.36. The molecule has 2 heterocycles. The highest BCUT2D eigenvalue weighted by Crippen LogP contribution is 2.14. The number of amides is 1. The van der Waals surface area contributed by atoms with Gasteiger partial charge in [-0.3, -0.25) is 9.59 Å². The summed E-state index contributed by atoms with van der Waals surface area (Å²) in [5, 5.41) is 12.2. The number of anilines is 1. The van der Waals surface area contributed by atoms with Crippen LogP contribution in [-0.2, 0) is 4.79 Å². The maximum Gasteiger partial charge on any atom is 0.255 e. The third-order valence-corrected chi connectivity index (χ3v) is 3.31. The van der Waals surface area contributed by atoms with Crippen molar-refractivity contribution in [1.82, 2.24) is 15.0 Å². The Morgan fingerprint density at radius 1 is 1.43 bits per heavy atom. The molecule has 0 spiro atoms. The van der Waals surface area contributed by atoms with Crippen LogP contribution in [0.1, 0.15) is 12.1 Å². The molecule has 21 heavy (non-hydrogen) atoms. The summed E-state index contributed by atoms with van der Waals surface area (Å²) < 4.78 is 0. The van der Waals surface area contributed by atoms with E-state index in [9.17, 15) is 14.7 Å². The zero-order chi connectivity index (χ0) is 15.2. The van der Waals surface area contributed by atoms with Crippen LogP contribution in [0, 0.1) is 6.92 Å². The number of carbonyl (C=O) groups is 1. The predicted octanol–water partition coefficient (Wildman–Crippen LogP) is 1.30. The molecule has 8 heteroatoms. The Kier molecular flexibility index (Phi) is 4.94. The Morgan fingerprint density at radius 2 is 2.24 bits per heavy atom. The summed E-state index contributed by atoms with van der Waals surface area (Å²) in [7, 11) is 0. The molecule has 0 radical (unpaired) electrons. The van der Waals surface area contributed by atoms with E-state index in [-0.39, 0.29) is 23.4 Å². The van der Waals surface area contributed by atoms with Crippen LogP contribution < -0.4 is 10.9 Å². The van der Waals surface area contributed by atoms with E-state index in [0.717, 1.165) is 11.8 Å². The number of pyridine rings is 1. The molecule has 0 saturated heterocycles. The van der Waals surface area contributed by atoms with Gasteiger partial charge in [0.2, 0.25) is 11.8 Å². The Bertz CT molecular complexity index is 702. The van der Waals surface area contributed by atoms with Crippen molar-refractivity contribution in [3.63, 3.8) is 0 Å². The van der Waals surface area contributed by atoms with E-state index in [1.807, 2.05) is 19.1 Å². The molecule has 7 nitrogen and oxygen atoms in total. The second-order valence-corrected chi connectivity index (χ2v) is 5.30. The van der Waals surface area contributed by atoms with Gasteiger partial charge < -0.3 is 15.4 Å². The van der Waals surface area contributed by atoms with Gasteiger partial charge in [-0.2, -0.15) is 4.98 Å². The molecule has 0 saturated carbocycles. The molecule has 110 valence electrons. The number of aromatic nitrogens is 3. The lowest BCUT2D eigenvalue weighted by Gasteiger charge is -2.05. The highest BCUT2D eigenvalue weighted by Gasteiger charge is 2.06. The number of hydrogen-bond donors (Lipinski definition) is 3. The topological polar surface area (TPSA) is 108 Å². The number of aryl methyl sites for hydroxylation is 1. The third kappa shape index (κ3) is 4.92. The maximum absolute atomic E-state index is 11.7. The lowest BCUT2D eigenvalue weighted by Crippen LogP contribution is -2.13. The summed E-state index contributed by atoms with van der Waals surface area (Å²) >= 11 is 1.18. The normalized spacial score (nSPS) is 10.3. The number of aromatic amines is 1. The van der Waals surface area contributed by atoms with Crippen LogP contribution in [0.15, 0.2) is 34.2 Å². The van der Waals surface area contributed by atoms with E-state index < -0.39 is 5.56 Å². The summed E-state index contributed by atoms with van der Waals surface area (Å²) in [6, 6.07) is 6.36. The molecule has 0 bridgehead atoms. The summed E-state index contributed by atoms with van der Waals surface area (Å²) in [5.41, 5.74) is 0.391. The molecule has 0 fully saturated rings. The minimum Gasteiger partial charge on any atom is -0.493 e. The van der Waals surface area contributed by atoms with Crippen LogP contribution in [-0.4, -0.2) is 31.7 Å². The van der Waals surface area contributed by atoms with Gasteiger partial charge in [-0.1, -0.05) is 17.8 Å². The Morgan fingerprint density at radius 3 is 2.95 bits per heavy atom. The van der Waals surface area contributed by atoms with Gasteiger partial charge >= 0.3 is 0 Å². The zero-order valence-corrected chi connectivity index (χ0v) is 12.1. The number of nitrogens with zero attached hydrogens (tertiary/aromatic N) is 2. The zero-order valence-electron chi connectivity index (χ0n) is 11.3. The first-order chi connectivity index (χ1) is 10.0. The third-order valence-electron chi connectivity index (χ3n) is 2.43. The van der Waals surface area contributed by atoms with Gasteiger partial charge in [0.15, 0.2) is 5.16 Å². The molecular formula is C13H14N4O3S. The van der Waals surface area contributed by atoms with Gasteiger partial charge in [0.05, 0.1) is 6.07 Å². The Hall–Kier alpha value is -2.35. The number of nitrogens with one attached hydrogen (secondary N) is 2. The van der Waals surface area contributed by atoms with Gasteiger partial charge in [0.1, 0.15) is 5.82 Å². The van der Waals surface area contributed by atoms with E-state index in [1.54, 1.807) is 6.07 Å². The summed E-state index contributed by atoms with van der Waals surface area (Å²) in [6.07, 6.45) is 0.236. The van der Waals surface area contributed by atoms with Crippen LogP contribution in [0.25, 0.3) is 0 Å². The predicted molar refractivity (Wildman–Crippen MR) is 79.5 cm³/mol. The molecule has 0 atom stereocenters. The van der Waals surface area contributed by atoms with Crippen molar-refractivity contribution in [3.05, 3.63) is 40.3 Å². The number of rotatable bonds is 5. The minimum atomic E-state index is -0.432. The van der Waals surface area contributed by atoms with Crippen LogP contribution in [0.4, 0.5) is 5.82 Å². The first-order valence-electron chi connectivity index (χ1n) is 6.19. The molecular weight excluding hydrogens is 292 g/mol. The summed E-state index contributed by atoms with van der Waals surface area (Å²) in [6.45, 7) is 1.84. The summed E-state index contributed by atoms with van der Waals surface area (Å²) in [4.78, 5) is 33.3. The highest BCUT2D eigenvalue weighted by atomic mass is 32.2. The lowest BCUT2D eigenvalue weighted by atomic mass is 10.3. The molecule has 0 unspecified atom stereocenters. The van der Waals surface area contributed by atoms with E-state index in [4.69, 9.17) is 0 Å². The fourth-order valence-electron chi connectivity index (χ4n) is 1.55. The van der Waals surface area contributed by atoms with Gasteiger partial charge in [0.25, 0.3) is 5.56 Å². The number of carbonyl (C=O) groups excluding carboxylic acids is 1. The smallest absolute Gasteiger partial charge is 0.255 e. The number of aromatic hydroxyl groups is 1. The van der Waals surface area contributed by atoms with Gasteiger partial charge in [-0.05, 0) is 19.1 Å². The van der Waals surface area contributed by atoms with Crippen LogP contribution in [0.5, 0.6) is 5.88 Å². The van der Waals surface area contributed by atoms with Crippen molar-refractivity contribution in [1.29, 1.82) is 0 Å². The highest BCUT2D eigenvalue weighted by molar-refractivity contribution is 7.99. The fraction of sp³-hybridized carbons (Fsp3) is 0.231. The van der Waals surface area contributed by atoms with Crippen molar-refractivity contribution in [3.8, 4) is 5.88 Å². The average Bonchev–Trinajstić information content (AvgIpc) is 2.37. The maximum atomic E-state index is 11.7. The monoisotopic (exact) mass is 306 g/mol. The molecule has 0 aromatic carbocycles. The SMILES string of the molecule is Cc1cccc(NC(=O)CCSc2nc(O)cc(=O)[nH]2)n1. The molecule has 0 aliphatic carbocycles. The van der Waals surface area contributed by atoms with E-state index in [1.165, 1.54) is 11.8 Å². The Labute approximate surface area is 124 Å². The lowest BCUT2D eigenvalue weighted by molar-refractivity contribution is -0.115. The molecule has 2 aromatic heterocycles. The van der Waals surface area contributed by atoms with Gasteiger partial charge in [-0.15, -0.1) is 0 Å². The quantitative estimate of drug-likeness (QED) is 0.567. The van der Waals surface area contributed by atoms with Gasteiger partial charge in [-0.25, -0.2) is 4.98 Å². The summed E-state index contributed by atoms with van der Waals surface area (Å²) in [5.74, 6) is 0.413. The first-order valence-corrected chi connectivity index (χ1v) is 7.18. The minimum absolute atomic E-state index is 0.178. The van der Waals surface area contributed by atoms with E-state index >= 15 is 0 Å². The number of thioether (sulfide) groups is 1. The van der Waals surface area contributed by atoms with Crippen molar-refractivity contribution in [2.75, 3.05) is 11.1 Å². The number of hydrogen-bond acceptors (Lipinski definition) is 6. The molecule has 0 aliphatic rings. The second-order valence-electron chi connectivity index (χ2n) is 4.22. The molecule has 2 rings (SSSR count). The molecule has 2 aromatic rings. The molecule has 1 amide bonds. The van der Waals surface area contributed by atoms with Crippen molar-refractivity contribution >= 4 is 23.5 Å². The second kappa shape index (κ2) is 6.89. The van der Waals surface area contributed by atoms with Crippen molar-refractivity contribution < 1.29 is 9.90 Å². The van der Waals surface area contributed by atoms with Crippen LogP contribution in [0.3, 0.4) is 0 Å². The van der Waals surface area contributed by atoms with E-state index in [2.05, 4.69) is 20.3 Å². The molecule has 3 N–H and O–H groups in total. The largest absolute Gasteiger partial charge is 0.493 e. The van der Waals surface area contributed by atoms with Crippen molar-refractivity contribution in [2.45, 2.75) is 18.5 Å². The van der Waals surface area contributed by atoms with Crippen LogP contribution in [0.2, 0.25) is 0 Å². The molecule has 0 aliphatic heterocycles. The number of H-pyrrole nitrogens is 1. The average molecular weight is 306 g/mol. The standard InChI is InChI=1S/C13H14N4O3S/c1-8-3-2-4-9(14-8)15-10(18)5-6-21-13-16-11(19)7-12(20)17-13/h2-4,7H,5-6H2,1H3,(H,14,15,18)(H2,16,17,19,20). The first kappa shape index (κ1) is 15.0. The van der Waals surface area contributed by atoms with Crippen LogP contribution >= 0.6 is 11.8 Å².